The third kappa shape index (κ3) is 7.69. The number of quaternary nitrogens is 1. The van der Waals surface area contributed by atoms with Crippen molar-refractivity contribution in [1.82, 2.24) is 0 Å². The fourth-order valence-electron chi connectivity index (χ4n) is 4.37. The third-order valence-corrected chi connectivity index (χ3v) is 5.30. The molecule has 1 aliphatic rings. The van der Waals surface area contributed by atoms with Crippen molar-refractivity contribution in [2.75, 3.05) is 32.8 Å². The van der Waals surface area contributed by atoms with Gasteiger partial charge < -0.3 is 9.22 Å². The van der Waals surface area contributed by atoms with Crippen LogP contribution in [0.1, 0.15) is 64.0 Å². The topological polar surface area (TPSA) is 9.23 Å². The minimum absolute atomic E-state index is 0. The van der Waals surface area contributed by atoms with Crippen molar-refractivity contribution < 1.29 is 41.9 Å². The number of ether oxygens (including phenoxy) is 1. The molecule has 0 unspecified atom stereocenters. The van der Waals surface area contributed by atoms with E-state index in [1.54, 1.807) is 0 Å². The van der Waals surface area contributed by atoms with Crippen molar-refractivity contribution in [3.63, 3.8) is 0 Å². The average molecular weight is 421 g/mol. The summed E-state index contributed by atoms with van der Waals surface area (Å²) in [6.45, 7) is 17.4. The first-order chi connectivity index (χ1) is 11.3. The van der Waals surface area contributed by atoms with Gasteiger partial charge in [0, 0.05) is 38.1 Å². The third-order valence-electron chi connectivity index (χ3n) is 5.30. The minimum atomic E-state index is 0. The molecule has 1 aromatic carbocycles. The number of likely N-dealkylation sites (tertiary alicyclic amines) is 1. The van der Waals surface area contributed by atoms with Crippen LogP contribution in [-0.2, 0) is 32.7 Å². The van der Waals surface area contributed by atoms with Crippen LogP contribution in [0.5, 0.6) is 5.75 Å². The molecule has 0 aliphatic carbocycles. The van der Waals surface area contributed by atoms with Gasteiger partial charge in [-0.3, -0.25) is 0 Å². The minimum Gasteiger partial charge on any atom is -0.487 e. The van der Waals surface area contributed by atoms with E-state index in [1.807, 2.05) is 0 Å². The summed E-state index contributed by atoms with van der Waals surface area (Å²) in [4.78, 5) is 0. The van der Waals surface area contributed by atoms with Gasteiger partial charge in [0.05, 0.1) is 19.6 Å². The van der Waals surface area contributed by atoms with Crippen LogP contribution < -0.4 is 4.74 Å². The summed E-state index contributed by atoms with van der Waals surface area (Å²) in [6.07, 6.45) is 6.98. The van der Waals surface area contributed by atoms with Gasteiger partial charge in [-0.05, 0) is 50.7 Å². The number of nitrogens with zero attached hydrogens (tertiary/aromatic N) is 1. The van der Waals surface area contributed by atoms with E-state index in [0.29, 0.717) is 5.41 Å². The van der Waals surface area contributed by atoms with E-state index in [2.05, 4.69) is 52.8 Å². The Labute approximate surface area is 181 Å². The van der Waals surface area contributed by atoms with Gasteiger partial charge in [0.25, 0.3) is 0 Å². The molecule has 1 aliphatic heterocycles. The van der Waals surface area contributed by atoms with Crippen LogP contribution >= 0.6 is 0 Å². The normalized spacial score (nSPS) is 18.0. The maximum atomic E-state index is 6.27. The quantitative estimate of drug-likeness (QED) is 0.570. The molecule has 2 nitrogen and oxygen atoms in total. The van der Waals surface area contributed by atoms with E-state index in [-0.39, 0.29) is 32.7 Å². The predicted molar refractivity (Wildman–Crippen MR) is 104 cm³/mol. The number of hydrogen-bond acceptors (Lipinski definition) is 1. The summed E-state index contributed by atoms with van der Waals surface area (Å²) in [5.74, 6) is 1.10. The summed E-state index contributed by atoms with van der Waals surface area (Å²) in [7, 11) is 0. The largest absolute Gasteiger partial charge is 0.487 e. The zero-order valence-corrected chi connectivity index (χ0v) is 20.1. The second-order valence-electron chi connectivity index (χ2n) is 9.07. The van der Waals surface area contributed by atoms with Crippen molar-refractivity contribution in [2.45, 2.75) is 66.7 Å². The van der Waals surface area contributed by atoms with Crippen molar-refractivity contribution in [3.05, 3.63) is 29.3 Å². The van der Waals surface area contributed by atoms with E-state index in [1.165, 1.54) is 67.3 Å². The molecule has 1 saturated heterocycles. The molecule has 0 amide bonds. The van der Waals surface area contributed by atoms with Gasteiger partial charge in [-0.1, -0.05) is 45.4 Å². The van der Waals surface area contributed by atoms with E-state index < -0.39 is 0 Å². The predicted octanol–water partition coefficient (Wildman–Crippen LogP) is 5.51. The maximum Gasteiger partial charge on any atom is 0.137 e. The van der Waals surface area contributed by atoms with E-state index in [9.17, 15) is 0 Å². The Morgan fingerprint density at radius 3 is 1.96 bits per heavy atom. The first-order valence-electron chi connectivity index (χ1n) is 9.86. The first-order valence-corrected chi connectivity index (χ1v) is 9.86. The van der Waals surface area contributed by atoms with Crippen LogP contribution in [0.25, 0.3) is 0 Å². The van der Waals surface area contributed by atoms with Crippen molar-refractivity contribution in [1.29, 1.82) is 0 Å². The zero-order chi connectivity index (χ0) is 17.6. The van der Waals surface area contributed by atoms with Gasteiger partial charge in [-0.25, -0.2) is 0 Å². The average Bonchev–Trinajstić information content (AvgIpc) is 2.45. The smallest absolute Gasteiger partial charge is 0.137 e. The van der Waals surface area contributed by atoms with Crippen LogP contribution in [0, 0.1) is 19.3 Å². The Morgan fingerprint density at radius 1 is 0.920 bits per heavy atom. The molecule has 0 saturated carbocycles. The van der Waals surface area contributed by atoms with Gasteiger partial charge in [0.1, 0.15) is 18.9 Å². The Hall–Kier alpha value is 0.0839. The Kier molecular flexibility index (Phi) is 9.64. The molecule has 25 heavy (non-hydrogen) atoms. The number of benzene rings is 1. The summed E-state index contributed by atoms with van der Waals surface area (Å²) in [5.41, 5.74) is 2.88. The van der Waals surface area contributed by atoms with Crippen LogP contribution in [0.3, 0.4) is 0 Å². The molecule has 0 atom stereocenters. The van der Waals surface area contributed by atoms with Gasteiger partial charge in [0.15, 0.2) is 0 Å². The maximum absolute atomic E-state index is 6.27. The molecule has 0 N–H and O–H groups in total. The second-order valence-corrected chi connectivity index (χ2v) is 9.07. The van der Waals surface area contributed by atoms with Crippen LogP contribution in [0.4, 0.5) is 0 Å². The Balaban J connectivity index is 0.00000312. The van der Waals surface area contributed by atoms with Gasteiger partial charge in [-0.15, -0.1) is 0 Å². The standard InChI is InChI=1S/C22H38NO.Y/c1-19-12-11-13-20(2)21(19)24-17-16-23(18-22(3,4)5)14-9-7-6-8-10-15-23;/h11-13H,6-10,14-18H2,1-5H3;/q+1;. The summed E-state index contributed by atoms with van der Waals surface area (Å²) in [6, 6.07) is 6.42. The van der Waals surface area contributed by atoms with E-state index in [0.717, 1.165) is 18.9 Å². The molecule has 1 heterocycles. The molecule has 0 spiro atoms. The number of rotatable bonds is 5. The SMILES string of the molecule is Cc1cccc(C)c1OCC[N+]1(CC(C)(C)C)CCCCCCC1.[Y]. The van der Waals surface area contributed by atoms with Crippen LogP contribution in [-0.4, -0.2) is 37.3 Å². The molecule has 0 bridgehead atoms. The molecule has 2 rings (SSSR count). The van der Waals surface area contributed by atoms with Gasteiger partial charge >= 0.3 is 0 Å². The Bertz CT molecular complexity index is 493. The molecule has 3 heteroatoms. The number of hydrogen-bond donors (Lipinski definition) is 0. The van der Waals surface area contributed by atoms with E-state index in [4.69, 9.17) is 4.74 Å². The molecule has 1 fully saturated rings. The number of aryl methyl sites for hydroxylation is 2. The molecule has 1 aromatic rings. The summed E-state index contributed by atoms with van der Waals surface area (Å²) >= 11 is 0. The van der Waals surface area contributed by atoms with Crippen LogP contribution in [0.15, 0.2) is 18.2 Å². The summed E-state index contributed by atoms with van der Waals surface area (Å²) in [5, 5.41) is 0. The summed E-state index contributed by atoms with van der Waals surface area (Å²) < 4.78 is 7.51. The van der Waals surface area contributed by atoms with E-state index >= 15 is 0 Å². The Morgan fingerprint density at radius 2 is 1.44 bits per heavy atom. The fraction of sp³-hybridized carbons (Fsp3) is 0.727. The fourth-order valence-corrected chi connectivity index (χ4v) is 4.37. The van der Waals surface area contributed by atoms with Crippen LogP contribution in [0.2, 0.25) is 0 Å². The molecule has 1 radical (unpaired) electrons. The van der Waals surface area contributed by atoms with Gasteiger partial charge in [0.2, 0.25) is 0 Å². The first kappa shape index (κ1) is 23.1. The monoisotopic (exact) mass is 421 g/mol. The van der Waals surface area contributed by atoms with Crippen molar-refractivity contribution in [3.8, 4) is 5.75 Å². The zero-order valence-electron chi connectivity index (χ0n) is 17.2. The van der Waals surface area contributed by atoms with Crippen molar-refractivity contribution in [2.24, 2.45) is 5.41 Å². The molecule has 139 valence electrons. The number of para-hydroxylation sites is 1. The molecular formula is C22H38NOY+. The molecular weight excluding hydrogens is 383 g/mol. The van der Waals surface area contributed by atoms with Gasteiger partial charge in [-0.2, -0.15) is 0 Å². The van der Waals surface area contributed by atoms with Crippen molar-refractivity contribution >= 4 is 0 Å². The second kappa shape index (κ2) is 10.4. The molecule has 0 aromatic heterocycles.